The Kier molecular flexibility index (Phi) is 4.60. The van der Waals surface area contributed by atoms with Crippen molar-refractivity contribution in [3.8, 4) is 0 Å². The Morgan fingerprint density at radius 3 is 2.48 bits per heavy atom. The average Bonchev–Trinajstić information content (AvgIpc) is 2.68. The number of piperazine rings is 1. The van der Waals surface area contributed by atoms with Crippen molar-refractivity contribution in [2.75, 3.05) is 43.4 Å². The van der Waals surface area contributed by atoms with Gasteiger partial charge in [0.25, 0.3) is 5.91 Å². The van der Waals surface area contributed by atoms with E-state index in [0.717, 1.165) is 42.9 Å². The van der Waals surface area contributed by atoms with E-state index in [1.54, 1.807) is 18.2 Å². The van der Waals surface area contributed by atoms with E-state index in [4.69, 9.17) is 10.7 Å². The van der Waals surface area contributed by atoms with Crippen molar-refractivity contribution >= 4 is 34.3 Å². The predicted octanol–water partition coefficient (Wildman–Crippen LogP) is 2.22. The molecule has 7 nitrogen and oxygen atoms in total. The Bertz CT molecular complexity index is 981. The largest absolute Gasteiger partial charge is 0.366 e. The highest BCUT2D eigenvalue weighted by atomic mass is 16.1. The van der Waals surface area contributed by atoms with Gasteiger partial charge in [-0.05, 0) is 31.3 Å². The van der Waals surface area contributed by atoms with Crippen molar-refractivity contribution in [2.24, 2.45) is 5.73 Å². The molecule has 0 aliphatic carbocycles. The van der Waals surface area contributed by atoms with E-state index >= 15 is 0 Å². The Hall–Kier alpha value is -3.19. The van der Waals surface area contributed by atoms with Crippen LogP contribution in [0.15, 0.2) is 48.5 Å². The van der Waals surface area contributed by atoms with Crippen molar-refractivity contribution in [1.29, 1.82) is 0 Å². The van der Waals surface area contributed by atoms with E-state index in [9.17, 15) is 4.79 Å². The van der Waals surface area contributed by atoms with Gasteiger partial charge in [0.2, 0.25) is 5.95 Å². The molecule has 1 fully saturated rings. The van der Waals surface area contributed by atoms with Gasteiger partial charge in [-0.1, -0.05) is 24.3 Å². The van der Waals surface area contributed by atoms with Crippen molar-refractivity contribution in [1.82, 2.24) is 14.9 Å². The molecule has 3 aromatic rings. The predicted molar refractivity (Wildman–Crippen MR) is 107 cm³/mol. The van der Waals surface area contributed by atoms with Gasteiger partial charge in [-0.2, -0.15) is 4.98 Å². The molecule has 138 valence electrons. The molecule has 0 atom stereocenters. The normalized spacial score (nSPS) is 15.1. The highest BCUT2D eigenvalue weighted by Crippen LogP contribution is 2.28. The van der Waals surface area contributed by atoms with Crippen LogP contribution in [0.4, 0.5) is 17.5 Å². The monoisotopic (exact) mass is 362 g/mol. The highest BCUT2D eigenvalue weighted by molar-refractivity contribution is 5.99. The van der Waals surface area contributed by atoms with Gasteiger partial charge in [0, 0.05) is 31.6 Å². The zero-order chi connectivity index (χ0) is 18.8. The van der Waals surface area contributed by atoms with Crippen LogP contribution in [-0.2, 0) is 0 Å². The maximum atomic E-state index is 11.7. The number of carbonyl (C=O) groups excluding carboxylic acids is 1. The van der Waals surface area contributed by atoms with Crippen LogP contribution in [0.3, 0.4) is 0 Å². The van der Waals surface area contributed by atoms with Crippen LogP contribution in [0.25, 0.3) is 10.9 Å². The summed E-state index contributed by atoms with van der Waals surface area (Å²) in [6, 6.07) is 15.1. The topological polar surface area (TPSA) is 87.4 Å². The summed E-state index contributed by atoms with van der Waals surface area (Å²) in [5, 5.41) is 4.20. The first kappa shape index (κ1) is 17.2. The van der Waals surface area contributed by atoms with Gasteiger partial charge >= 0.3 is 0 Å². The summed E-state index contributed by atoms with van der Waals surface area (Å²) in [6.07, 6.45) is 0. The molecule has 2 heterocycles. The average molecular weight is 362 g/mol. The first-order valence-corrected chi connectivity index (χ1v) is 8.98. The first-order valence-electron chi connectivity index (χ1n) is 8.98. The van der Waals surface area contributed by atoms with E-state index in [2.05, 4.69) is 27.1 Å². The summed E-state index contributed by atoms with van der Waals surface area (Å²) >= 11 is 0. The lowest BCUT2D eigenvalue weighted by molar-refractivity contribution is 0.100. The van der Waals surface area contributed by atoms with Gasteiger partial charge in [0.15, 0.2) is 0 Å². The third kappa shape index (κ3) is 3.54. The Labute approximate surface area is 157 Å². The summed E-state index contributed by atoms with van der Waals surface area (Å²) in [4.78, 5) is 25.7. The molecule has 1 amide bonds. The van der Waals surface area contributed by atoms with Crippen LogP contribution in [-0.4, -0.2) is 54.0 Å². The number of nitrogens with zero attached hydrogens (tertiary/aromatic N) is 4. The number of anilines is 3. The van der Waals surface area contributed by atoms with E-state index in [1.807, 2.05) is 30.3 Å². The summed E-state index contributed by atoms with van der Waals surface area (Å²) in [6.45, 7) is 3.81. The molecule has 0 saturated carbocycles. The van der Waals surface area contributed by atoms with E-state index < -0.39 is 5.91 Å². The number of benzene rings is 2. The Morgan fingerprint density at radius 1 is 1.00 bits per heavy atom. The number of fused-ring (bicyclic) bond motifs is 1. The fourth-order valence-corrected chi connectivity index (χ4v) is 3.30. The molecule has 27 heavy (non-hydrogen) atoms. The van der Waals surface area contributed by atoms with E-state index in [0.29, 0.717) is 17.2 Å². The van der Waals surface area contributed by atoms with Crippen LogP contribution in [0, 0.1) is 0 Å². The summed E-state index contributed by atoms with van der Waals surface area (Å²) < 4.78 is 0. The fraction of sp³-hybridized carbons (Fsp3) is 0.250. The molecule has 7 heteroatoms. The second kappa shape index (κ2) is 7.20. The van der Waals surface area contributed by atoms with Crippen LogP contribution in [0.1, 0.15) is 10.4 Å². The number of hydrogen-bond acceptors (Lipinski definition) is 6. The molecule has 4 rings (SSSR count). The van der Waals surface area contributed by atoms with Gasteiger partial charge in [0.1, 0.15) is 5.82 Å². The number of nitrogens with two attached hydrogens (primary N) is 1. The Balaban J connectivity index is 1.75. The number of rotatable bonds is 4. The molecule has 3 N–H and O–H groups in total. The minimum absolute atomic E-state index is 0.412. The highest BCUT2D eigenvalue weighted by Gasteiger charge is 2.19. The number of para-hydroxylation sites is 2. The maximum Gasteiger partial charge on any atom is 0.250 e. The van der Waals surface area contributed by atoms with Crippen LogP contribution in [0.2, 0.25) is 0 Å². The molecule has 0 bridgehead atoms. The molecule has 0 unspecified atom stereocenters. The fourth-order valence-electron chi connectivity index (χ4n) is 3.30. The summed E-state index contributed by atoms with van der Waals surface area (Å²) in [5.74, 6) is 0.877. The maximum absolute atomic E-state index is 11.7. The van der Waals surface area contributed by atoms with E-state index in [-0.39, 0.29) is 0 Å². The summed E-state index contributed by atoms with van der Waals surface area (Å²) in [5.41, 5.74) is 7.36. The smallest absolute Gasteiger partial charge is 0.250 e. The third-order valence-corrected chi connectivity index (χ3v) is 4.82. The molecule has 0 spiro atoms. The zero-order valence-electron chi connectivity index (χ0n) is 15.2. The second-order valence-corrected chi connectivity index (χ2v) is 6.71. The van der Waals surface area contributed by atoms with Gasteiger partial charge in [0.05, 0.1) is 16.8 Å². The van der Waals surface area contributed by atoms with Gasteiger partial charge in [-0.3, -0.25) is 4.79 Å². The number of likely N-dealkylation sites (N-methyl/N-ethyl adjacent to an activating group) is 1. The van der Waals surface area contributed by atoms with Crippen molar-refractivity contribution in [3.63, 3.8) is 0 Å². The molecule has 1 aliphatic rings. The number of primary amides is 1. The molecule has 1 aliphatic heterocycles. The van der Waals surface area contributed by atoms with Gasteiger partial charge in [-0.15, -0.1) is 0 Å². The lowest BCUT2D eigenvalue weighted by Crippen LogP contribution is -2.45. The third-order valence-electron chi connectivity index (χ3n) is 4.82. The molecular weight excluding hydrogens is 340 g/mol. The standard InChI is InChI=1S/C20H22N6O/c1-25-10-12-26(13-11-25)19-15-7-3-5-9-17(15)23-20(24-19)22-16-8-4-2-6-14(16)18(21)27/h2-9H,10-13H2,1H3,(H2,21,27)(H,22,23,24). The summed E-state index contributed by atoms with van der Waals surface area (Å²) in [7, 11) is 2.13. The minimum atomic E-state index is -0.488. The van der Waals surface area contributed by atoms with Gasteiger partial charge in [-0.25, -0.2) is 4.98 Å². The first-order chi connectivity index (χ1) is 13.1. The molecule has 2 aromatic carbocycles. The minimum Gasteiger partial charge on any atom is -0.366 e. The van der Waals surface area contributed by atoms with Crippen molar-refractivity contribution in [2.45, 2.75) is 0 Å². The molecular formula is C20H22N6O. The quantitative estimate of drug-likeness (QED) is 0.740. The van der Waals surface area contributed by atoms with Crippen LogP contribution in [0.5, 0.6) is 0 Å². The SMILES string of the molecule is CN1CCN(c2nc(Nc3ccccc3C(N)=O)nc3ccccc23)CC1. The number of hydrogen-bond donors (Lipinski definition) is 2. The number of aromatic nitrogens is 2. The molecule has 1 saturated heterocycles. The van der Waals surface area contributed by atoms with Crippen LogP contribution < -0.4 is 16.0 Å². The number of nitrogens with one attached hydrogen (secondary N) is 1. The number of carbonyl (C=O) groups is 1. The second-order valence-electron chi connectivity index (χ2n) is 6.71. The zero-order valence-corrected chi connectivity index (χ0v) is 15.2. The van der Waals surface area contributed by atoms with Crippen LogP contribution >= 0.6 is 0 Å². The molecule has 0 radical (unpaired) electrons. The van der Waals surface area contributed by atoms with Gasteiger partial charge < -0.3 is 20.9 Å². The van der Waals surface area contributed by atoms with Crippen molar-refractivity contribution in [3.05, 3.63) is 54.1 Å². The lowest BCUT2D eigenvalue weighted by Gasteiger charge is -2.33. The van der Waals surface area contributed by atoms with E-state index in [1.165, 1.54) is 0 Å². The lowest BCUT2D eigenvalue weighted by atomic mass is 10.1. The molecule has 1 aromatic heterocycles. The number of amides is 1. The van der Waals surface area contributed by atoms with Crippen molar-refractivity contribution < 1.29 is 4.79 Å². The Morgan fingerprint density at radius 2 is 1.70 bits per heavy atom.